The van der Waals surface area contributed by atoms with Gasteiger partial charge < -0.3 is 15.8 Å². The van der Waals surface area contributed by atoms with E-state index in [9.17, 15) is 4.79 Å². The van der Waals surface area contributed by atoms with Gasteiger partial charge in [-0.3, -0.25) is 4.79 Å². The molecular formula is C13H15N3O2S. The summed E-state index contributed by atoms with van der Waals surface area (Å²) in [6.07, 6.45) is 1.78. The molecule has 0 aliphatic carbocycles. The van der Waals surface area contributed by atoms with E-state index in [0.717, 1.165) is 9.88 Å². The zero-order chi connectivity index (χ0) is 13.8. The molecule has 100 valence electrons. The first-order valence-corrected chi connectivity index (χ1v) is 6.55. The number of aromatic nitrogens is 1. The van der Waals surface area contributed by atoms with Gasteiger partial charge in [-0.25, -0.2) is 4.98 Å². The molecule has 6 heteroatoms. The summed E-state index contributed by atoms with van der Waals surface area (Å²) in [6.45, 7) is 2.37. The number of carbonyl (C=O) groups excluding carboxylic acids is 1. The molecule has 0 atom stereocenters. The maximum Gasteiger partial charge on any atom is 0.255 e. The Bertz CT molecular complexity index is 595. The molecule has 0 saturated heterocycles. The molecule has 1 heterocycles. The third kappa shape index (κ3) is 3.23. The highest BCUT2D eigenvalue weighted by atomic mass is 32.1. The van der Waals surface area contributed by atoms with Crippen molar-refractivity contribution in [1.29, 1.82) is 0 Å². The standard InChI is InChI=1S/C13H15N3O2S/c1-8-6-15-12(19-8)7-16-13(17)10-5-9(14)3-4-11(10)18-2/h3-6H,7,14H2,1-2H3,(H,16,17). The molecule has 5 nitrogen and oxygen atoms in total. The molecule has 0 spiro atoms. The Labute approximate surface area is 115 Å². The number of thiazole rings is 1. The van der Waals surface area contributed by atoms with E-state index in [-0.39, 0.29) is 5.91 Å². The molecule has 2 rings (SSSR count). The van der Waals surface area contributed by atoms with Crippen LogP contribution in [0.4, 0.5) is 5.69 Å². The lowest BCUT2D eigenvalue weighted by molar-refractivity contribution is 0.0948. The summed E-state index contributed by atoms with van der Waals surface area (Å²) in [6, 6.07) is 4.97. The number of anilines is 1. The minimum Gasteiger partial charge on any atom is -0.496 e. The lowest BCUT2D eigenvalue weighted by Crippen LogP contribution is -2.23. The fourth-order valence-electron chi connectivity index (χ4n) is 1.64. The number of benzene rings is 1. The lowest BCUT2D eigenvalue weighted by Gasteiger charge is -2.09. The van der Waals surface area contributed by atoms with Gasteiger partial charge >= 0.3 is 0 Å². The number of nitrogens with one attached hydrogen (secondary N) is 1. The second-order valence-corrected chi connectivity index (χ2v) is 5.33. The van der Waals surface area contributed by atoms with Crippen LogP contribution in [0.1, 0.15) is 20.2 Å². The minimum absolute atomic E-state index is 0.225. The number of nitrogens with two attached hydrogens (primary N) is 1. The Balaban J connectivity index is 2.09. The Morgan fingerprint density at radius 3 is 2.95 bits per heavy atom. The van der Waals surface area contributed by atoms with E-state index in [0.29, 0.717) is 23.5 Å². The monoisotopic (exact) mass is 277 g/mol. The van der Waals surface area contributed by atoms with Crippen molar-refractivity contribution in [2.24, 2.45) is 0 Å². The smallest absolute Gasteiger partial charge is 0.255 e. The summed E-state index contributed by atoms with van der Waals surface area (Å²) < 4.78 is 5.15. The van der Waals surface area contributed by atoms with Crippen LogP contribution < -0.4 is 15.8 Å². The van der Waals surface area contributed by atoms with Gasteiger partial charge in [0.05, 0.1) is 19.2 Å². The fourth-order valence-corrected chi connectivity index (χ4v) is 2.36. The van der Waals surface area contributed by atoms with Crippen molar-refractivity contribution in [2.45, 2.75) is 13.5 Å². The van der Waals surface area contributed by atoms with E-state index >= 15 is 0 Å². The van der Waals surface area contributed by atoms with Crippen LogP contribution in [0, 0.1) is 6.92 Å². The fraction of sp³-hybridized carbons (Fsp3) is 0.231. The maximum atomic E-state index is 12.1. The minimum atomic E-state index is -0.225. The highest BCUT2D eigenvalue weighted by molar-refractivity contribution is 7.11. The number of aryl methyl sites for hydroxylation is 1. The molecular weight excluding hydrogens is 262 g/mol. The van der Waals surface area contributed by atoms with Crippen LogP contribution in [0.15, 0.2) is 24.4 Å². The van der Waals surface area contributed by atoms with Gasteiger partial charge in [-0.2, -0.15) is 0 Å². The van der Waals surface area contributed by atoms with Crippen molar-refractivity contribution in [3.8, 4) is 5.75 Å². The van der Waals surface area contributed by atoms with E-state index in [2.05, 4.69) is 10.3 Å². The molecule has 1 aromatic carbocycles. The number of hydrogen-bond donors (Lipinski definition) is 2. The predicted molar refractivity (Wildman–Crippen MR) is 75.4 cm³/mol. The van der Waals surface area contributed by atoms with E-state index in [4.69, 9.17) is 10.5 Å². The molecule has 3 N–H and O–H groups in total. The molecule has 0 saturated carbocycles. The average Bonchev–Trinajstić information content (AvgIpc) is 2.81. The molecule has 0 unspecified atom stereocenters. The molecule has 0 aliphatic heterocycles. The van der Waals surface area contributed by atoms with Gasteiger partial charge in [0.1, 0.15) is 10.8 Å². The summed E-state index contributed by atoms with van der Waals surface area (Å²) in [7, 11) is 1.52. The Hall–Kier alpha value is -2.08. The number of amides is 1. The van der Waals surface area contributed by atoms with Crippen LogP contribution in [0.3, 0.4) is 0 Å². The van der Waals surface area contributed by atoms with Crippen LogP contribution in [-0.4, -0.2) is 18.0 Å². The third-order valence-electron chi connectivity index (χ3n) is 2.54. The van der Waals surface area contributed by atoms with Crippen LogP contribution in [0.25, 0.3) is 0 Å². The normalized spacial score (nSPS) is 10.2. The highest BCUT2D eigenvalue weighted by Gasteiger charge is 2.12. The molecule has 19 heavy (non-hydrogen) atoms. The number of carbonyl (C=O) groups is 1. The first-order chi connectivity index (χ1) is 9.10. The first-order valence-electron chi connectivity index (χ1n) is 5.73. The Kier molecular flexibility index (Phi) is 4.01. The summed E-state index contributed by atoms with van der Waals surface area (Å²) in [5, 5.41) is 3.67. The largest absolute Gasteiger partial charge is 0.496 e. The second-order valence-electron chi connectivity index (χ2n) is 4.01. The Morgan fingerprint density at radius 2 is 2.32 bits per heavy atom. The Morgan fingerprint density at radius 1 is 1.53 bits per heavy atom. The number of hydrogen-bond acceptors (Lipinski definition) is 5. The predicted octanol–water partition coefficient (Wildman–Crippen LogP) is 1.97. The van der Waals surface area contributed by atoms with Gasteiger partial charge in [0.25, 0.3) is 5.91 Å². The quantitative estimate of drug-likeness (QED) is 0.838. The van der Waals surface area contributed by atoms with Crippen molar-refractivity contribution in [3.05, 3.63) is 39.8 Å². The van der Waals surface area contributed by atoms with Gasteiger partial charge in [0.15, 0.2) is 0 Å². The van der Waals surface area contributed by atoms with Crippen LogP contribution >= 0.6 is 11.3 Å². The van der Waals surface area contributed by atoms with Crippen LogP contribution in [0.5, 0.6) is 5.75 Å². The van der Waals surface area contributed by atoms with E-state index < -0.39 is 0 Å². The van der Waals surface area contributed by atoms with Gasteiger partial charge in [-0.15, -0.1) is 11.3 Å². The zero-order valence-electron chi connectivity index (χ0n) is 10.8. The number of nitrogen functional groups attached to an aromatic ring is 1. The van der Waals surface area contributed by atoms with Crippen molar-refractivity contribution in [2.75, 3.05) is 12.8 Å². The lowest BCUT2D eigenvalue weighted by atomic mass is 10.1. The van der Waals surface area contributed by atoms with Gasteiger partial charge in [0, 0.05) is 16.8 Å². The average molecular weight is 277 g/mol. The van der Waals surface area contributed by atoms with E-state index in [1.807, 2.05) is 6.92 Å². The van der Waals surface area contributed by atoms with Gasteiger partial charge in [-0.1, -0.05) is 0 Å². The summed E-state index contributed by atoms with van der Waals surface area (Å²) >= 11 is 1.56. The molecule has 0 aliphatic rings. The maximum absolute atomic E-state index is 12.1. The summed E-state index contributed by atoms with van der Waals surface area (Å²) in [5.41, 5.74) is 6.64. The molecule has 0 radical (unpaired) electrons. The third-order valence-corrected chi connectivity index (χ3v) is 3.45. The zero-order valence-corrected chi connectivity index (χ0v) is 11.6. The van der Waals surface area contributed by atoms with Crippen LogP contribution in [0.2, 0.25) is 0 Å². The van der Waals surface area contributed by atoms with Crippen molar-refractivity contribution < 1.29 is 9.53 Å². The number of ether oxygens (including phenoxy) is 1. The van der Waals surface area contributed by atoms with Crippen molar-refractivity contribution >= 4 is 22.9 Å². The van der Waals surface area contributed by atoms with Crippen molar-refractivity contribution in [1.82, 2.24) is 10.3 Å². The van der Waals surface area contributed by atoms with Gasteiger partial charge in [0.2, 0.25) is 0 Å². The highest BCUT2D eigenvalue weighted by Crippen LogP contribution is 2.21. The van der Waals surface area contributed by atoms with Gasteiger partial charge in [-0.05, 0) is 25.1 Å². The molecule has 1 amide bonds. The summed E-state index contributed by atoms with van der Waals surface area (Å²) in [4.78, 5) is 17.4. The topological polar surface area (TPSA) is 77.2 Å². The molecule has 0 bridgehead atoms. The molecule has 1 aromatic heterocycles. The number of methoxy groups -OCH3 is 1. The molecule has 2 aromatic rings. The number of nitrogens with zero attached hydrogens (tertiary/aromatic N) is 1. The van der Waals surface area contributed by atoms with E-state index in [1.54, 1.807) is 35.7 Å². The SMILES string of the molecule is COc1ccc(N)cc1C(=O)NCc1ncc(C)s1. The van der Waals surface area contributed by atoms with Crippen LogP contribution in [-0.2, 0) is 6.54 Å². The first kappa shape index (κ1) is 13.4. The number of rotatable bonds is 4. The van der Waals surface area contributed by atoms with Crippen molar-refractivity contribution in [3.63, 3.8) is 0 Å². The summed E-state index contributed by atoms with van der Waals surface area (Å²) in [5.74, 6) is 0.277. The van der Waals surface area contributed by atoms with E-state index in [1.165, 1.54) is 7.11 Å². The molecule has 0 fully saturated rings. The second kappa shape index (κ2) is 5.71.